The van der Waals surface area contributed by atoms with E-state index in [0.717, 1.165) is 25.4 Å². The topological polar surface area (TPSA) is 38.0 Å². The van der Waals surface area contributed by atoms with Gasteiger partial charge < -0.3 is 11.1 Å². The van der Waals surface area contributed by atoms with E-state index in [0.29, 0.717) is 0 Å². The summed E-state index contributed by atoms with van der Waals surface area (Å²) >= 11 is 0. The number of rotatable bonds is 3. The van der Waals surface area contributed by atoms with Crippen LogP contribution in [0.25, 0.3) is 10.8 Å². The molecule has 1 aliphatic rings. The summed E-state index contributed by atoms with van der Waals surface area (Å²) in [5.74, 6) is 0.773. The van der Waals surface area contributed by atoms with Crippen LogP contribution in [0.2, 0.25) is 0 Å². The molecular formula is C17H22N2. The van der Waals surface area contributed by atoms with Crippen molar-refractivity contribution >= 4 is 10.8 Å². The Morgan fingerprint density at radius 3 is 2.63 bits per heavy atom. The summed E-state index contributed by atoms with van der Waals surface area (Å²) in [5.41, 5.74) is 7.77. The van der Waals surface area contributed by atoms with Crippen molar-refractivity contribution in [3.05, 3.63) is 48.0 Å². The van der Waals surface area contributed by atoms with Gasteiger partial charge in [0.1, 0.15) is 0 Å². The van der Waals surface area contributed by atoms with Crippen LogP contribution >= 0.6 is 0 Å². The molecule has 0 spiro atoms. The van der Waals surface area contributed by atoms with Crippen molar-refractivity contribution in [2.24, 2.45) is 11.7 Å². The third-order valence-electron chi connectivity index (χ3n) is 4.27. The van der Waals surface area contributed by atoms with E-state index >= 15 is 0 Å². The SMILES string of the molecule is NC(CC1CCNCC1)c1cccc2ccccc12. The fourth-order valence-corrected chi connectivity index (χ4v) is 3.18. The van der Waals surface area contributed by atoms with Crippen molar-refractivity contribution in [2.75, 3.05) is 13.1 Å². The molecule has 19 heavy (non-hydrogen) atoms. The maximum atomic E-state index is 6.47. The van der Waals surface area contributed by atoms with Gasteiger partial charge >= 0.3 is 0 Å². The van der Waals surface area contributed by atoms with Crippen molar-refractivity contribution in [1.29, 1.82) is 0 Å². The molecule has 1 atom stereocenters. The van der Waals surface area contributed by atoms with E-state index < -0.39 is 0 Å². The first-order chi connectivity index (χ1) is 9.34. The van der Waals surface area contributed by atoms with Gasteiger partial charge in [-0.2, -0.15) is 0 Å². The maximum Gasteiger partial charge on any atom is 0.0303 e. The van der Waals surface area contributed by atoms with Gasteiger partial charge in [-0.25, -0.2) is 0 Å². The summed E-state index contributed by atoms with van der Waals surface area (Å²) in [6.07, 6.45) is 3.63. The molecule has 3 N–H and O–H groups in total. The van der Waals surface area contributed by atoms with Gasteiger partial charge in [0.15, 0.2) is 0 Å². The monoisotopic (exact) mass is 254 g/mol. The number of fused-ring (bicyclic) bond motifs is 1. The van der Waals surface area contributed by atoms with Crippen molar-refractivity contribution in [3.8, 4) is 0 Å². The number of benzene rings is 2. The lowest BCUT2D eigenvalue weighted by molar-refractivity contribution is 0.333. The minimum atomic E-state index is 0.161. The molecule has 0 aliphatic carbocycles. The zero-order chi connectivity index (χ0) is 13.1. The highest BCUT2D eigenvalue weighted by Crippen LogP contribution is 2.29. The molecule has 0 saturated carbocycles. The Morgan fingerprint density at radius 2 is 1.79 bits per heavy atom. The molecule has 2 nitrogen and oxygen atoms in total. The second-order valence-electron chi connectivity index (χ2n) is 5.60. The van der Waals surface area contributed by atoms with Gasteiger partial charge in [0.05, 0.1) is 0 Å². The van der Waals surface area contributed by atoms with Gasteiger partial charge in [-0.05, 0) is 54.6 Å². The molecule has 2 aromatic rings. The summed E-state index contributed by atoms with van der Waals surface area (Å²) in [6, 6.07) is 15.2. The minimum Gasteiger partial charge on any atom is -0.324 e. The van der Waals surface area contributed by atoms with E-state index in [4.69, 9.17) is 5.73 Å². The molecule has 1 unspecified atom stereocenters. The van der Waals surface area contributed by atoms with Crippen LogP contribution in [0.15, 0.2) is 42.5 Å². The number of hydrogen-bond donors (Lipinski definition) is 2. The summed E-state index contributed by atoms with van der Waals surface area (Å²) in [7, 11) is 0. The van der Waals surface area contributed by atoms with Crippen LogP contribution in [0.3, 0.4) is 0 Å². The molecule has 1 heterocycles. The number of hydrogen-bond acceptors (Lipinski definition) is 2. The summed E-state index contributed by atoms with van der Waals surface area (Å²) < 4.78 is 0. The molecule has 0 bridgehead atoms. The molecule has 0 aromatic heterocycles. The van der Waals surface area contributed by atoms with Crippen LogP contribution in [0.5, 0.6) is 0 Å². The summed E-state index contributed by atoms with van der Waals surface area (Å²) in [4.78, 5) is 0. The average Bonchev–Trinajstić information content (AvgIpc) is 2.47. The van der Waals surface area contributed by atoms with Crippen LogP contribution in [-0.4, -0.2) is 13.1 Å². The van der Waals surface area contributed by atoms with Gasteiger partial charge in [0.25, 0.3) is 0 Å². The van der Waals surface area contributed by atoms with E-state index in [2.05, 4.69) is 47.8 Å². The summed E-state index contributed by atoms with van der Waals surface area (Å²) in [5, 5.41) is 6.02. The minimum absolute atomic E-state index is 0.161. The lowest BCUT2D eigenvalue weighted by atomic mass is 9.87. The Kier molecular flexibility index (Phi) is 3.81. The lowest BCUT2D eigenvalue weighted by Crippen LogP contribution is -2.29. The smallest absolute Gasteiger partial charge is 0.0303 e. The van der Waals surface area contributed by atoms with E-state index in [-0.39, 0.29) is 6.04 Å². The number of nitrogens with two attached hydrogens (primary N) is 1. The van der Waals surface area contributed by atoms with Crippen LogP contribution in [0.1, 0.15) is 30.9 Å². The van der Waals surface area contributed by atoms with Gasteiger partial charge in [-0.3, -0.25) is 0 Å². The molecule has 1 saturated heterocycles. The third-order valence-corrected chi connectivity index (χ3v) is 4.27. The van der Waals surface area contributed by atoms with Crippen LogP contribution in [0.4, 0.5) is 0 Å². The fourth-order valence-electron chi connectivity index (χ4n) is 3.18. The van der Waals surface area contributed by atoms with E-state index in [1.165, 1.54) is 29.2 Å². The van der Waals surface area contributed by atoms with Crippen LogP contribution in [0, 0.1) is 5.92 Å². The van der Waals surface area contributed by atoms with E-state index in [9.17, 15) is 0 Å². The van der Waals surface area contributed by atoms with Gasteiger partial charge in [0.2, 0.25) is 0 Å². The second kappa shape index (κ2) is 5.72. The molecular weight excluding hydrogens is 232 g/mol. The highest BCUT2D eigenvalue weighted by atomic mass is 14.9. The van der Waals surface area contributed by atoms with Crippen LogP contribution in [-0.2, 0) is 0 Å². The van der Waals surface area contributed by atoms with Gasteiger partial charge in [-0.1, -0.05) is 42.5 Å². The normalized spacial score (nSPS) is 18.6. The van der Waals surface area contributed by atoms with E-state index in [1.54, 1.807) is 0 Å². The first-order valence-electron chi connectivity index (χ1n) is 7.28. The van der Waals surface area contributed by atoms with Crippen molar-refractivity contribution in [2.45, 2.75) is 25.3 Å². The largest absolute Gasteiger partial charge is 0.324 e. The Labute approximate surface area is 115 Å². The molecule has 2 heteroatoms. The number of piperidine rings is 1. The van der Waals surface area contributed by atoms with Gasteiger partial charge in [0, 0.05) is 6.04 Å². The van der Waals surface area contributed by atoms with Gasteiger partial charge in [-0.15, -0.1) is 0 Å². The zero-order valence-corrected chi connectivity index (χ0v) is 11.3. The highest BCUT2D eigenvalue weighted by molar-refractivity contribution is 5.86. The summed E-state index contributed by atoms with van der Waals surface area (Å²) in [6.45, 7) is 2.29. The molecule has 0 radical (unpaired) electrons. The Bertz CT molecular complexity index is 538. The molecule has 3 rings (SSSR count). The standard InChI is InChI=1S/C17H22N2/c18-17(12-13-8-10-19-11-9-13)16-7-3-5-14-4-1-2-6-15(14)16/h1-7,13,17,19H,8-12,18H2. The lowest BCUT2D eigenvalue weighted by Gasteiger charge is -2.26. The molecule has 1 fully saturated rings. The average molecular weight is 254 g/mol. The highest BCUT2D eigenvalue weighted by Gasteiger charge is 2.18. The first-order valence-corrected chi connectivity index (χ1v) is 7.28. The molecule has 100 valence electrons. The molecule has 1 aliphatic heterocycles. The van der Waals surface area contributed by atoms with Crippen LogP contribution < -0.4 is 11.1 Å². The Balaban J connectivity index is 1.82. The Morgan fingerprint density at radius 1 is 1.05 bits per heavy atom. The maximum absolute atomic E-state index is 6.47. The van der Waals surface area contributed by atoms with Crippen molar-refractivity contribution < 1.29 is 0 Å². The number of nitrogens with one attached hydrogen (secondary N) is 1. The van der Waals surface area contributed by atoms with Crippen molar-refractivity contribution in [1.82, 2.24) is 5.32 Å². The zero-order valence-electron chi connectivity index (χ0n) is 11.3. The van der Waals surface area contributed by atoms with E-state index in [1.807, 2.05) is 0 Å². The predicted octanol–water partition coefficient (Wildman–Crippen LogP) is 3.23. The quantitative estimate of drug-likeness (QED) is 0.882. The molecule has 2 aromatic carbocycles. The molecule has 0 amide bonds. The predicted molar refractivity (Wildman–Crippen MR) is 81.1 cm³/mol. The second-order valence-corrected chi connectivity index (χ2v) is 5.60. The van der Waals surface area contributed by atoms with Crippen molar-refractivity contribution in [3.63, 3.8) is 0 Å². The Hall–Kier alpha value is -1.38. The third kappa shape index (κ3) is 2.80. The fraction of sp³-hybridized carbons (Fsp3) is 0.412. The first kappa shape index (κ1) is 12.6.